The number of carbonyl (C=O) groups is 1. The van der Waals surface area contributed by atoms with Crippen molar-refractivity contribution in [1.29, 1.82) is 0 Å². The number of anilines is 1. The second-order valence-corrected chi connectivity index (χ2v) is 3.18. The molecule has 0 atom stereocenters. The van der Waals surface area contributed by atoms with Gasteiger partial charge < -0.3 is 14.7 Å². The van der Waals surface area contributed by atoms with Gasteiger partial charge in [-0.25, -0.2) is 0 Å². The Hall–Kier alpha value is -2.07. The van der Waals surface area contributed by atoms with Crippen LogP contribution in [0.25, 0.3) is 0 Å². The highest BCUT2D eigenvalue weighted by atomic mass is 35.5. The van der Waals surface area contributed by atoms with Crippen molar-refractivity contribution in [3.63, 3.8) is 0 Å². The molecular formula is C9H9ClN4O3. The Bertz CT molecular complexity index is 460. The number of terminal acetylenes is 1. The Balaban J connectivity index is 3.04. The van der Waals surface area contributed by atoms with Gasteiger partial charge in [0.05, 0.1) is 13.7 Å². The molecular weight excluding hydrogens is 248 g/mol. The maximum Gasteiger partial charge on any atom is 0.323 e. The summed E-state index contributed by atoms with van der Waals surface area (Å²) in [5.74, 6) is 1.30. The number of aliphatic carboxylic acids is 1. The second kappa shape index (κ2) is 5.86. The predicted molar refractivity (Wildman–Crippen MR) is 60.1 cm³/mol. The van der Waals surface area contributed by atoms with Gasteiger partial charge in [0.15, 0.2) is 0 Å². The minimum atomic E-state index is -1.06. The lowest BCUT2D eigenvalue weighted by molar-refractivity contribution is -0.135. The van der Waals surface area contributed by atoms with E-state index in [1.807, 2.05) is 0 Å². The molecule has 17 heavy (non-hydrogen) atoms. The fraction of sp³-hybridized carbons (Fsp3) is 0.333. The number of methoxy groups -OCH3 is 1. The lowest BCUT2D eigenvalue weighted by atomic mass is 10.5. The number of ether oxygens (including phenoxy) is 1. The standard InChI is InChI=1S/C9H9ClN4O3/c1-3-4-14(5-6(15)16)8-11-7(10)12-9(13-8)17-2/h1H,4-5H2,2H3,(H,15,16). The summed E-state index contributed by atoms with van der Waals surface area (Å²) >= 11 is 5.64. The van der Waals surface area contributed by atoms with Crippen LogP contribution in [0.5, 0.6) is 6.01 Å². The second-order valence-electron chi connectivity index (χ2n) is 2.85. The van der Waals surface area contributed by atoms with E-state index in [0.717, 1.165) is 0 Å². The average Bonchev–Trinajstić information content (AvgIpc) is 2.27. The van der Waals surface area contributed by atoms with E-state index in [-0.39, 0.29) is 30.3 Å². The number of rotatable bonds is 5. The molecule has 0 aliphatic rings. The van der Waals surface area contributed by atoms with Gasteiger partial charge in [0.1, 0.15) is 6.54 Å². The number of nitrogens with zero attached hydrogens (tertiary/aromatic N) is 4. The fourth-order valence-corrected chi connectivity index (χ4v) is 1.17. The van der Waals surface area contributed by atoms with Gasteiger partial charge in [0.25, 0.3) is 0 Å². The van der Waals surface area contributed by atoms with Gasteiger partial charge in [0.2, 0.25) is 11.2 Å². The van der Waals surface area contributed by atoms with E-state index < -0.39 is 5.97 Å². The van der Waals surface area contributed by atoms with Crippen LogP contribution in [0.3, 0.4) is 0 Å². The number of carboxylic acid groups (broad SMARTS) is 1. The van der Waals surface area contributed by atoms with E-state index in [1.165, 1.54) is 12.0 Å². The van der Waals surface area contributed by atoms with Crippen molar-refractivity contribution in [3.05, 3.63) is 5.28 Å². The summed E-state index contributed by atoms with van der Waals surface area (Å²) in [4.78, 5) is 23.2. The van der Waals surface area contributed by atoms with E-state index in [4.69, 9.17) is 27.9 Å². The van der Waals surface area contributed by atoms with Gasteiger partial charge in [-0.15, -0.1) is 6.42 Å². The SMILES string of the molecule is C#CCN(CC(=O)O)c1nc(Cl)nc(OC)n1. The molecule has 0 aliphatic heterocycles. The third kappa shape index (κ3) is 3.77. The molecule has 0 fully saturated rings. The van der Waals surface area contributed by atoms with Crippen LogP contribution in [-0.2, 0) is 4.79 Å². The summed E-state index contributed by atoms with van der Waals surface area (Å²) in [5, 5.41) is 8.62. The molecule has 1 aromatic heterocycles. The molecule has 0 amide bonds. The van der Waals surface area contributed by atoms with Crippen molar-refractivity contribution in [2.75, 3.05) is 25.1 Å². The van der Waals surface area contributed by atoms with Gasteiger partial charge in [-0.05, 0) is 11.6 Å². The van der Waals surface area contributed by atoms with Crippen LogP contribution in [0.15, 0.2) is 0 Å². The number of carboxylic acids is 1. The monoisotopic (exact) mass is 256 g/mol. The molecule has 0 saturated heterocycles. The molecule has 0 aliphatic carbocycles. The van der Waals surface area contributed by atoms with E-state index in [1.54, 1.807) is 0 Å². The topological polar surface area (TPSA) is 88.4 Å². The first-order chi connectivity index (χ1) is 8.06. The number of aromatic nitrogens is 3. The molecule has 0 bridgehead atoms. The van der Waals surface area contributed by atoms with E-state index >= 15 is 0 Å². The third-order valence-electron chi connectivity index (χ3n) is 1.65. The first kappa shape index (κ1) is 13.0. The van der Waals surface area contributed by atoms with Crippen LogP contribution in [0.1, 0.15) is 0 Å². The third-order valence-corrected chi connectivity index (χ3v) is 1.82. The number of halogens is 1. The highest BCUT2D eigenvalue weighted by Crippen LogP contribution is 2.14. The Labute approximate surface area is 102 Å². The van der Waals surface area contributed by atoms with Gasteiger partial charge in [-0.2, -0.15) is 15.0 Å². The van der Waals surface area contributed by atoms with Gasteiger partial charge in [-0.1, -0.05) is 5.92 Å². The van der Waals surface area contributed by atoms with Crippen molar-refractivity contribution >= 4 is 23.5 Å². The zero-order valence-electron chi connectivity index (χ0n) is 8.92. The molecule has 1 rings (SSSR count). The zero-order valence-corrected chi connectivity index (χ0v) is 9.68. The van der Waals surface area contributed by atoms with E-state index in [9.17, 15) is 4.79 Å². The highest BCUT2D eigenvalue weighted by Gasteiger charge is 2.15. The van der Waals surface area contributed by atoms with Crippen LogP contribution in [0.4, 0.5) is 5.95 Å². The largest absolute Gasteiger partial charge is 0.480 e. The average molecular weight is 257 g/mol. The van der Waals surface area contributed by atoms with Crippen molar-refractivity contribution in [2.45, 2.75) is 0 Å². The quantitative estimate of drug-likeness (QED) is 0.745. The summed E-state index contributed by atoms with van der Waals surface area (Å²) in [6.07, 6.45) is 5.13. The van der Waals surface area contributed by atoms with E-state index in [2.05, 4.69) is 20.9 Å². The van der Waals surface area contributed by atoms with Crippen molar-refractivity contribution in [1.82, 2.24) is 15.0 Å². The summed E-state index contributed by atoms with van der Waals surface area (Å²) in [5.41, 5.74) is 0. The zero-order chi connectivity index (χ0) is 12.8. The minimum Gasteiger partial charge on any atom is -0.480 e. The molecule has 1 N–H and O–H groups in total. The molecule has 0 radical (unpaired) electrons. The predicted octanol–water partition coefficient (Wildman–Crippen LogP) is 0.0578. The molecule has 0 aromatic carbocycles. The lowest BCUT2D eigenvalue weighted by Gasteiger charge is -2.17. The fourth-order valence-electron chi connectivity index (χ4n) is 1.03. The number of hydrogen-bond donors (Lipinski definition) is 1. The Morgan fingerprint density at radius 1 is 1.59 bits per heavy atom. The maximum atomic E-state index is 10.7. The van der Waals surface area contributed by atoms with Gasteiger partial charge in [0, 0.05) is 0 Å². The molecule has 0 spiro atoms. The smallest absolute Gasteiger partial charge is 0.323 e. The molecule has 0 saturated carbocycles. The summed E-state index contributed by atoms with van der Waals surface area (Å²) < 4.78 is 4.80. The van der Waals surface area contributed by atoms with Gasteiger partial charge in [-0.3, -0.25) is 4.79 Å². The van der Waals surface area contributed by atoms with E-state index in [0.29, 0.717) is 0 Å². The van der Waals surface area contributed by atoms with Crippen molar-refractivity contribution in [2.24, 2.45) is 0 Å². The minimum absolute atomic E-state index is 0.00703. The van der Waals surface area contributed by atoms with Crippen LogP contribution in [0.2, 0.25) is 5.28 Å². The summed E-state index contributed by atoms with van der Waals surface area (Å²) in [6.45, 7) is -0.302. The van der Waals surface area contributed by atoms with Crippen molar-refractivity contribution < 1.29 is 14.6 Å². The van der Waals surface area contributed by atoms with Crippen molar-refractivity contribution in [3.8, 4) is 18.4 Å². The van der Waals surface area contributed by atoms with Crippen LogP contribution < -0.4 is 9.64 Å². The molecule has 1 heterocycles. The number of hydrogen-bond acceptors (Lipinski definition) is 6. The maximum absolute atomic E-state index is 10.7. The Morgan fingerprint density at radius 3 is 2.82 bits per heavy atom. The summed E-state index contributed by atoms with van der Waals surface area (Å²) in [7, 11) is 1.36. The molecule has 1 aromatic rings. The molecule has 90 valence electrons. The van der Waals surface area contributed by atoms with Crippen LogP contribution in [-0.4, -0.2) is 46.2 Å². The Morgan fingerprint density at radius 2 is 2.29 bits per heavy atom. The summed E-state index contributed by atoms with van der Waals surface area (Å²) in [6, 6.07) is -0.00703. The first-order valence-corrected chi connectivity index (χ1v) is 4.80. The first-order valence-electron chi connectivity index (χ1n) is 4.42. The lowest BCUT2D eigenvalue weighted by Crippen LogP contribution is -2.31. The molecule has 7 nitrogen and oxygen atoms in total. The van der Waals surface area contributed by atoms with Crippen LogP contribution in [0, 0.1) is 12.3 Å². The van der Waals surface area contributed by atoms with Gasteiger partial charge >= 0.3 is 12.0 Å². The normalized spacial score (nSPS) is 9.47. The van der Waals surface area contributed by atoms with Crippen LogP contribution >= 0.6 is 11.6 Å². The molecule has 0 unspecified atom stereocenters. The highest BCUT2D eigenvalue weighted by molar-refractivity contribution is 6.28. The molecule has 8 heteroatoms. The Kier molecular flexibility index (Phi) is 4.48.